The summed E-state index contributed by atoms with van der Waals surface area (Å²) in [5.41, 5.74) is 0.924. The second kappa shape index (κ2) is 5.26. The fourth-order valence-corrected chi connectivity index (χ4v) is 2.23. The summed E-state index contributed by atoms with van der Waals surface area (Å²) < 4.78 is 2.72. The third-order valence-corrected chi connectivity index (χ3v) is 3.25. The topological polar surface area (TPSA) is 43.6 Å². The maximum absolute atomic E-state index is 6.06. The van der Waals surface area contributed by atoms with Crippen LogP contribution in [0.2, 0.25) is 5.15 Å². The first-order valence-electron chi connectivity index (χ1n) is 5.53. The van der Waals surface area contributed by atoms with Crippen LogP contribution in [-0.2, 0) is 0 Å². The number of aromatic nitrogens is 4. The van der Waals surface area contributed by atoms with Crippen LogP contribution in [0.1, 0.15) is 0 Å². The number of halogens is 2. The zero-order chi connectivity index (χ0) is 13.2. The Hall–Kier alpha value is -1.47. The van der Waals surface area contributed by atoms with E-state index in [-0.39, 0.29) is 0 Å². The summed E-state index contributed by atoms with van der Waals surface area (Å²) in [4.78, 5) is 8.74. The average Bonchev–Trinajstić information content (AvgIpc) is 2.86. The van der Waals surface area contributed by atoms with Gasteiger partial charge in [0, 0.05) is 17.8 Å². The molecule has 2 heterocycles. The van der Waals surface area contributed by atoms with Crippen LogP contribution in [0.4, 0.5) is 0 Å². The van der Waals surface area contributed by atoms with E-state index in [1.54, 1.807) is 16.9 Å². The van der Waals surface area contributed by atoms with E-state index in [0.29, 0.717) is 16.8 Å². The largest absolute Gasteiger partial charge is 0.221 e. The lowest BCUT2D eigenvalue weighted by Crippen LogP contribution is -2.01. The van der Waals surface area contributed by atoms with Gasteiger partial charge < -0.3 is 0 Å². The maximum atomic E-state index is 6.06. The van der Waals surface area contributed by atoms with Crippen LogP contribution in [0.5, 0.6) is 0 Å². The van der Waals surface area contributed by atoms with Crippen molar-refractivity contribution in [3.8, 4) is 17.2 Å². The standard InChI is InChI=1S/C13H8ClIN4/c14-11-6-12(19-8-10(15)7-16-19)18-13(17-11)9-4-2-1-3-5-9/h1-8H. The van der Waals surface area contributed by atoms with Crippen molar-refractivity contribution in [3.63, 3.8) is 0 Å². The first-order chi connectivity index (χ1) is 9.22. The molecule has 0 spiro atoms. The number of hydrogen-bond acceptors (Lipinski definition) is 3. The Morgan fingerprint density at radius 3 is 2.58 bits per heavy atom. The van der Waals surface area contributed by atoms with Crippen LogP contribution in [0.25, 0.3) is 17.2 Å². The van der Waals surface area contributed by atoms with Crippen LogP contribution in [0.15, 0.2) is 48.8 Å². The van der Waals surface area contributed by atoms with Crippen molar-refractivity contribution in [1.82, 2.24) is 19.7 Å². The monoisotopic (exact) mass is 382 g/mol. The zero-order valence-electron chi connectivity index (χ0n) is 9.66. The minimum absolute atomic E-state index is 0.398. The smallest absolute Gasteiger partial charge is 0.163 e. The van der Waals surface area contributed by atoms with E-state index < -0.39 is 0 Å². The van der Waals surface area contributed by atoms with Crippen molar-refractivity contribution in [2.75, 3.05) is 0 Å². The highest BCUT2D eigenvalue weighted by atomic mass is 127. The first-order valence-corrected chi connectivity index (χ1v) is 6.98. The molecule has 0 bridgehead atoms. The van der Waals surface area contributed by atoms with E-state index in [1.807, 2.05) is 36.5 Å². The molecule has 0 radical (unpaired) electrons. The Kier molecular flexibility index (Phi) is 3.48. The van der Waals surface area contributed by atoms with Gasteiger partial charge in [-0.15, -0.1) is 0 Å². The Morgan fingerprint density at radius 1 is 1.11 bits per heavy atom. The SMILES string of the molecule is Clc1cc(-n2cc(I)cn2)nc(-c2ccccc2)n1. The van der Waals surface area contributed by atoms with Crippen LogP contribution < -0.4 is 0 Å². The van der Waals surface area contributed by atoms with Crippen LogP contribution in [0, 0.1) is 3.57 Å². The van der Waals surface area contributed by atoms with Crippen LogP contribution in [-0.4, -0.2) is 19.7 Å². The molecule has 19 heavy (non-hydrogen) atoms. The Bertz CT molecular complexity index is 712. The van der Waals surface area contributed by atoms with E-state index in [0.717, 1.165) is 9.13 Å². The third kappa shape index (κ3) is 2.76. The molecule has 0 atom stereocenters. The van der Waals surface area contributed by atoms with Crippen LogP contribution in [0.3, 0.4) is 0 Å². The molecule has 0 amide bonds. The van der Waals surface area contributed by atoms with Gasteiger partial charge in [0.1, 0.15) is 5.15 Å². The van der Waals surface area contributed by atoms with Gasteiger partial charge in [-0.25, -0.2) is 14.6 Å². The highest BCUT2D eigenvalue weighted by molar-refractivity contribution is 14.1. The molecule has 3 rings (SSSR count). The molecule has 0 fully saturated rings. The van der Waals surface area contributed by atoms with Gasteiger partial charge >= 0.3 is 0 Å². The molecule has 94 valence electrons. The Morgan fingerprint density at radius 2 is 1.89 bits per heavy atom. The maximum Gasteiger partial charge on any atom is 0.163 e. The molecule has 0 aliphatic rings. The number of rotatable bonds is 2. The fourth-order valence-electron chi connectivity index (χ4n) is 1.67. The van der Waals surface area contributed by atoms with E-state index in [4.69, 9.17) is 11.6 Å². The molecule has 4 nitrogen and oxygen atoms in total. The average molecular weight is 383 g/mol. The molecule has 1 aromatic carbocycles. The molecular formula is C13H8ClIN4. The second-order valence-electron chi connectivity index (χ2n) is 3.84. The Labute approximate surface area is 128 Å². The van der Waals surface area contributed by atoms with Gasteiger partial charge in [-0.05, 0) is 22.6 Å². The lowest BCUT2D eigenvalue weighted by Gasteiger charge is -2.05. The summed E-state index contributed by atoms with van der Waals surface area (Å²) in [6.45, 7) is 0. The lowest BCUT2D eigenvalue weighted by atomic mass is 10.2. The summed E-state index contributed by atoms with van der Waals surface area (Å²) in [6.07, 6.45) is 3.65. The first kappa shape index (κ1) is 12.6. The van der Waals surface area contributed by atoms with Crippen molar-refractivity contribution < 1.29 is 0 Å². The quantitative estimate of drug-likeness (QED) is 0.502. The van der Waals surface area contributed by atoms with Gasteiger partial charge in [0.2, 0.25) is 0 Å². The lowest BCUT2D eigenvalue weighted by molar-refractivity contribution is 0.841. The third-order valence-electron chi connectivity index (χ3n) is 2.50. The van der Waals surface area contributed by atoms with E-state index >= 15 is 0 Å². The van der Waals surface area contributed by atoms with Gasteiger partial charge in [0.05, 0.1) is 9.77 Å². The van der Waals surface area contributed by atoms with Crippen molar-refractivity contribution in [2.24, 2.45) is 0 Å². The highest BCUT2D eigenvalue weighted by Gasteiger charge is 2.08. The van der Waals surface area contributed by atoms with E-state index in [9.17, 15) is 0 Å². The molecule has 3 aromatic rings. The van der Waals surface area contributed by atoms with Crippen molar-refractivity contribution in [1.29, 1.82) is 0 Å². The van der Waals surface area contributed by atoms with Crippen molar-refractivity contribution in [3.05, 3.63) is 57.5 Å². The van der Waals surface area contributed by atoms with Gasteiger partial charge in [-0.2, -0.15) is 5.10 Å². The summed E-state index contributed by atoms with van der Waals surface area (Å²) >= 11 is 8.26. The molecule has 0 aliphatic carbocycles. The summed E-state index contributed by atoms with van der Waals surface area (Å²) in [5.74, 6) is 1.25. The summed E-state index contributed by atoms with van der Waals surface area (Å²) in [7, 11) is 0. The van der Waals surface area contributed by atoms with Crippen molar-refractivity contribution >= 4 is 34.2 Å². The number of hydrogen-bond donors (Lipinski definition) is 0. The number of benzene rings is 1. The van der Waals surface area contributed by atoms with Gasteiger partial charge in [0.15, 0.2) is 11.6 Å². The predicted octanol–water partition coefficient (Wildman–Crippen LogP) is 3.59. The molecule has 0 N–H and O–H groups in total. The molecule has 0 unspecified atom stereocenters. The molecule has 0 saturated heterocycles. The fraction of sp³-hybridized carbons (Fsp3) is 0. The Balaban J connectivity index is 2.11. The van der Waals surface area contributed by atoms with E-state index in [2.05, 4.69) is 37.7 Å². The van der Waals surface area contributed by atoms with Gasteiger partial charge in [0.25, 0.3) is 0 Å². The molecule has 6 heteroatoms. The minimum Gasteiger partial charge on any atom is -0.221 e. The molecule has 0 aliphatic heterocycles. The van der Waals surface area contributed by atoms with Crippen LogP contribution >= 0.6 is 34.2 Å². The highest BCUT2D eigenvalue weighted by Crippen LogP contribution is 2.19. The molecular weight excluding hydrogens is 375 g/mol. The normalized spacial score (nSPS) is 10.6. The minimum atomic E-state index is 0.398. The molecule has 0 saturated carbocycles. The molecule has 2 aromatic heterocycles. The predicted molar refractivity (Wildman–Crippen MR) is 82.3 cm³/mol. The van der Waals surface area contributed by atoms with E-state index in [1.165, 1.54) is 0 Å². The second-order valence-corrected chi connectivity index (χ2v) is 5.47. The zero-order valence-corrected chi connectivity index (χ0v) is 12.6. The number of nitrogens with zero attached hydrogens (tertiary/aromatic N) is 4. The van der Waals surface area contributed by atoms with Crippen molar-refractivity contribution in [2.45, 2.75) is 0 Å². The van der Waals surface area contributed by atoms with Gasteiger partial charge in [-0.1, -0.05) is 41.9 Å². The van der Waals surface area contributed by atoms with Gasteiger partial charge in [-0.3, -0.25) is 0 Å². The summed E-state index contributed by atoms with van der Waals surface area (Å²) in [6, 6.07) is 11.4. The summed E-state index contributed by atoms with van der Waals surface area (Å²) in [5, 5.41) is 4.62.